The highest BCUT2D eigenvalue weighted by Gasteiger charge is 2.07. The molecule has 0 saturated carbocycles. The summed E-state index contributed by atoms with van der Waals surface area (Å²) in [4.78, 5) is 23.7. The van der Waals surface area contributed by atoms with E-state index in [2.05, 4.69) is 5.32 Å². The number of amides is 1. The van der Waals surface area contributed by atoms with Crippen molar-refractivity contribution in [1.82, 2.24) is 5.32 Å². The first kappa shape index (κ1) is 13.6. The SMILES string of the molecule is CNC(=O)COc1ccc2sc3ccccc3c(=O)c2c1. The van der Waals surface area contributed by atoms with Crippen molar-refractivity contribution in [2.24, 2.45) is 0 Å². The number of hydrogen-bond donors (Lipinski definition) is 1. The topological polar surface area (TPSA) is 55.4 Å². The molecule has 1 heterocycles. The van der Waals surface area contributed by atoms with Crippen LogP contribution in [-0.2, 0) is 4.79 Å². The molecule has 0 aliphatic rings. The fraction of sp³-hybridized carbons (Fsp3) is 0.125. The van der Waals surface area contributed by atoms with Crippen LogP contribution >= 0.6 is 11.3 Å². The fourth-order valence-electron chi connectivity index (χ4n) is 2.09. The van der Waals surface area contributed by atoms with Crippen molar-refractivity contribution in [3.05, 3.63) is 52.7 Å². The van der Waals surface area contributed by atoms with E-state index < -0.39 is 0 Å². The molecule has 106 valence electrons. The van der Waals surface area contributed by atoms with E-state index in [-0.39, 0.29) is 17.9 Å². The Balaban J connectivity index is 2.08. The average molecular weight is 299 g/mol. The number of nitrogens with one attached hydrogen (secondary N) is 1. The molecule has 0 saturated heterocycles. The molecule has 1 aromatic heterocycles. The molecule has 21 heavy (non-hydrogen) atoms. The molecule has 0 aliphatic carbocycles. The largest absolute Gasteiger partial charge is 0.484 e. The van der Waals surface area contributed by atoms with E-state index in [0.717, 1.165) is 9.40 Å². The maximum Gasteiger partial charge on any atom is 0.257 e. The number of carbonyl (C=O) groups excluding carboxylic acids is 1. The summed E-state index contributed by atoms with van der Waals surface area (Å²) in [7, 11) is 1.55. The Hall–Kier alpha value is -2.40. The number of rotatable bonds is 3. The summed E-state index contributed by atoms with van der Waals surface area (Å²) in [5.41, 5.74) is -0.00950. The Morgan fingerprint density at radius 1 is 1.14 bits per heavy atom. The van der Waals surface area contributed by atoms with Crippen molar-refractivity contribution in [3.63, 3.8) is 0 Å². The zero-order valence-corrected chi connectivity index (χ0v) is 12.2. The molecular weight excluding hydrogens is 286 g/mol. The lowest BCUT2D eigenvalue weighted by molar-refractivity contribution is -0.122. The smallest absolute Gasteiger partial charge is 0.257 e. The molecule has 2 aromatic carbocycles. The zero-order chi connectivity index (χ0) is 14.8. The van der Waals surface area contributed by atoms with Crippen LogP contribution in [0.5, 0.6) is 5.75 Å². The molecule has 0 atom stereocenters. The highest BCUT2D eigenvalue weighted by molar-refractivity contribution is 7.24. The minimum absolute atomic E-state index is 0.00950. The molecule has 0 unspecified atom stereocenters. The van der Waals surface area contributed by atoms with E-state index in [1.54, 1.807) is 30.5 Å². The van der Waals surface area contributed by atoms with Gasteiger partial charge in [-0.1, -0.05) is 12.1 Å². The summed E-state index contributed by atoms with van der Waals surface area (Å²) in [6.07, 6.45) is 0. The first-order chi connectivity index (χ1) is 10.2. The van der Waals surface area contributed by atoms with Crippen LogP contribution in [0.15, 0.2) is 47.3 Å². The highest BCUT2D eigenvalue weighted by Crippen LogP contribution is 2.27. The van der Waals surface area contributed by atoms with Gasteiger partial charge in [0.1, 0.15) is 5.75 Å². The van der Waals surface area contributed by atoms with Gasteiger partial charge in [0.25, 0.3) is 5.91 Å². The molecule has 1 N–H and O–H groups in total. The number of hydrogen-bond acceptors (Lipinski definition) is 4. The molecule has 0 spiro atoms. The second kappa shape index (κ2) is 5.54. The van der Waals surface area contributed by atoms with Crippen LogP contribution in [-0.4, -0.2) is 19.6 Å². The second-order valence-electron chi connectivity index (χ2n) is 4.55. The number of likely N-dealkylation sites (N-methyl/N-ethyl adjacent to an activating group) is 1. The molecule has 1 amide bonds. The first-order valence-corrected chi connectivity index (χ1v) is 7.29. The minimum Gasteiger partial charge on any atom is -0.484 e. The third-order valence-corrected chi connectivity index (χ3v) is 4.35. The van der Waals surface area contributed by atoms with E-state index >= 15 is 0 Å². The van der Waals surface area contributed by atoms with Gasteiger partial charge in [-0.15, -0.1) is 11.3 Å². The van der Waals surface area contributed by atoms with Crippen LogP contribution in [0.4, 0.5) is 0 Å². The number of fused-ring (bicyclic) bond motifs is 2. The van der Waals surface area contributed by atoms with E-state index in [0.29, 0.717) is 16.5 Å². The van der Waals surface area contributed by atoms with Crippen molar-refractivity contribution in [1.29, 1.82) is 0 Å². The van der Waals surface area contributed by atoms with Crippen molar-refractivity contribution in [2.75, 3.05) is 13.7 Å². The minimum atomic E-state index is -0.209. The molecule has 3 aromatic rings. The predicted molar refractivity (Wildman–Crippen MR) is 85.2 cm³/mol. The van der Waals surface area contributed by atoms with Crippen LogP contribution in [0.25, 0.3) is 20.2 Å². The van der Waals surface area contributed by atoms with Crippen molar-refractivity contribution in [3.8, 4) is 5.75 Å². The van der Waals surface area contributed by atoms with Gasteiger partial charge in [-0.25, -0.2) is 0 Å². The summed E-state index contributed by atoms with van der Waals surface area (Å²) >= 11 is 1.57. The van der Waals surface area contributed by atoms with Crippen LogP contribution < -0.4 is 15.5 Å². The highest BCUT2D eigenvalue weighted by atomic mass is 32.1. The molecule has 4 nitrogen and oxygen atoms in total. The third-order valence-electron chi connectivity index (χ3n) is 3.20. The van der Waals surface area contributed by atoms with E-state index in [1.165, 1.54) is 0 Å². The third kappa shape index (κ3) is 2.60. The Labute approximate surface area is 125 Å². The molecule has 0 aliphatic heterocycles. The van der Waals surface area contributed by atoms with Gasteiger partial charge in [-0.3, -0.25) is 9.59 Å². The van der Waals surface area contributed by atoms with Gasteiger partial charge >= 0.3 is 0 Å². The Bertz CT molecular complexity index is 885. The summed E-state index contributed by atoms with van der Waals surface area (Å²) in [5.74, 6) is 0.310. The van der Waals surface area contributed by atoms with Gasteiger partial charge in [0, 0.05) is 27.2 Å². The van der Waals surface area contributed by atoms with Gasteiger partial charge in [-0.2, -0.15) is 0 Å². The number of carbonyl (C=O) groups is 1. The standard InChI is InChI=1S/C16H13NO3S/c1-17-15(18)9-20-10-6-7-14-12(8-10)16(19)11-4-2-3-5-13(11)21-14/h2-8H,9H2,1H3,(H,17,18). The molecule has 0 fully saturated rings. The fourth-order valence-corrected chi connectivity index (χ4v) is 3.15. The molecule has 0 bridgehead atoms. The van der Waals surface area contributed by atoms with E-state index in [1.807, 2.05) is 30.3 Å². The molecule has 5 heteroatoms. The van der Waals surface area contributed by atoms with Crippen molar-refractivity contribution in [2.45, 2.75) is 0 Å². The Kier molecular flexibility index (Phi) is 3.58. The maximum atomic E-state index is 12.5. The lowest BCUT2D eigenvalue weighted by Gasteiger charge is -2.06. The van der Waals surface area contributed by atoms with Gasteiger partial charge in [0.05, 0.1) is 0 Å². The van der Waals surface area contributed by atoms with E-state index in [9.17, 15) is 9.59 Å². The molecular formula is C16H13NO3S. The number of benzene rings is 2. The summed E-state index contributed by atoms with van der Waals surface area (Å²) in [6.45, 7) is -0.0623. The average Bonchev–Trinajstić information content (AvgIpc) is 2.53. The van der Waals surface area contributed by atoms with Gasteiger partial charge < -0.3 is 10.1 Å². The van der Waals surface area contributed by atoms with Crippen LogP contribution in [0.1, 0.15) is 0 Å². The second-order valence-corrected chi connectivity index (χ2v) is 5.63. The molecule has 0 radical (unpaired) electrons. The molecule has 3 rings (SSSR count). The zero-order valence-electron chi connectivity index (χ0n) is 11.4. The Morgan fingerprint density at radius 3 is 2.71 bits per heavy atom. The van der Waals surface area contributed by atoms with Crippen molar-refractivity contribution >= 4 is 37.4 Å². The van der Waals surface area contributed by atoms with E-state index in [4.69, 9.17) is 4.74 Å². The quantitative estimate of drug-likeness (QED) is 0.756. The lowest BCUT2D eigenvalue weighted by atomic mass is 10.2. The summed E-state index contributed by atoms with van der Waals surface area (Å²) < 4.78 is 7.26. The van der Waals surface area contributed by atoms with Gasteiger partial charge in [0.2, 0.25) is 0 Å². The van der Waals surface area contributed by atoms with Crippen LogP contribution in [0.3, 0.4) is 0 Å². The number of ether oxygens (including phenoxy) is 1. The monoisotopic (exact) mass is 299 g/mol. The summed E-state index contributed by atoms with van der Waals surface area (Å²) in [6, 6.07) is 12.9. The van der Waals surface area contributed by atoms with Gasteiger partial charge in [-0.05, 0) is 30.3 Å². The van der Waals surface area contributed by atoms with Crippen LogP contribution in [0.2, 0.25) is 0 Å². The predicted octanol–water partition coefficient (Wildman–Crippen LogP) is 2.54. The van der Waals surface area contributed by atoms with Gasteiger partial charge in [0.15, 0.2) is 12.0 Å². The normalized spacial score (nSPS) is 10.7. The van der Waals surface area contributed by atoms with Crippen LogP contribution in [0, 0.1) is 0 Å². The summed E-state index contributed by atoms with van der Waals surface area (Å²) in [5, 5.41) is 3.81. The van der Waals surface area contributed by atoms with Crippen molar-refractivity contribution < 1.29 is 9.53 Å². The lowest BCUT2D eigenvalue weighted by Crippen LogP contribution is -2.24. The maximum absolute atomic E-state index is 12.5. The first-order valence-electron chi connectivity index (χ1n) is 6.48. The Morgan fingerprint density at radius 2 is 1.90 bits per heavy atom.